The Hall–Kier alpha value is -0.823. The molecule has 0 aromatic heterocycles. The molecule has 0 N–H and O–H groups in total. The second-order valence-electron chi connectivity index (χ2n) is 5.27. The lowest BCUT2D eigenvalue weighted by molar-refractivity contribution is 1.04. The van der Waals surface area contributed by atoms with Crippen LogP contribution < -0.4 is 0 Å². The molecule has 0 heterocycles. The Bertz CT molecular complexity index is 398. The van der Waals surface area contributed by atoms with E-state index in [1.165, 1.54) is 6.04 Å². The normalized spacial score (nSPS) is 21.8. The van der Waals surface area contributed by atoms with Crippen LogP contribution in [0.2, 0.25) is 17.1 Å². The van der Waals surface area contributed by atoms with E-state index in [-0.39, 0.29) is 0 Å². The molecule has 0 saturated carbocycles. The molecule has 0 amide bonds. The first-order valence-corrected chi connectivity index (χ1v) is 8.49. The van der Waals surface area contributed by atoms with Gasteiger partial charge in [0.2, 0.25) is 0 Å². The van der Waals surface area contributed by atoms with E-state index in [4.69, 9.17) is 0 Å². The van der Waals surface area contributed by atoms with Gasteiger partial charge >= 0.3 is 0 Å². The van der Waals surface area contributed by atoms with Crippen molar-refractivity contribution in [2.45, 2.75) is 51.7 Å². The van der Waals surface area contributed by atoms with Crippen molar-refractivity contribution < 1.29 is 0 Å². The third kappa shape index (κ3) is 2.01. The average Bonchev–Trinajstić information content (AvgIpc) is 2.90. The van der Waals surface area contributed by atoms with Crippen molar-refractivity contribution in [1.82, 2.24) is 0 Å². The van der Waals surface area contributed by atoms with Crippen LogP contribution in [0.25, 0.3) is 0 Å². The molecule has 0 atom stereocenters. The molecule has 0 aliphatic heterocycles. The molecule has 91 valence electrons. The molecule has 0 spiro atoms. The highest BCUT2D eigenvalue weighted by Crippen LogP contribution is 2.46. The maximum atomic E-state index is 2.40. The third-order valence-corrected chi connectivity index (χ3v) is 8.23. The fraction of sp³-hybridized carbons (Fsp3) is 0.500. The van der Waals surface area contributed by atoms with Crippen LogP contribution in [0.3, 0.4) is 0 Å². The number of allylic oxidation sites excluding steroid dienone is 8. The molecule has 0 fully saturated rings. The molecule has 1 radical (unpaired) electrons. The molecule has 0 saturated heterocycles. The molecule has 0 aromatic rings. The van der Waals surface area contributed by atoms with Crippen molar-refractivity contribution in [1.29, 1.82) is 0 Å². The van der Waals surface area contributed by atoms with Crippen LogP contribution in [0.5, 0.6) is 0 Å². The lowest BCUT2D eigenvalue weighted by Gasteiger charge is -2.27. The minimum atomic E-state index is -0.391. The van der Waals surface area contributed by atoms with Gasteiger partial charge in [0.05, 0.1) is 8.80 Å². The van der Waals surface area contributed by atoms with E-state index >= 15 is 0 Å². The first-order chi connectivity index (χ1) is 8.07. The van der Waals surface area contributed by atoms with E-state index in [1.807, 2.05) is 0 Å². The third-order valence-electron chi connectivity index (χ3n) is 4.57. The monoisotopic (exact) mass is 243 g/mol. The fourth-order valence-corrected chi connectivity index (χ4v) is 6.74. The Morgan fingerprint density at radius 1 is 0.941 bits per heavy atom. The summed E-state index contributed by atoms with van der Waals surface area (Å²) < 4.78 is 0. The number of hydrogen-bond acceptors (Lipinski definition) is 0. The Morgan fingerprint density at radius 2 is 1.41 bits per heavy atom. The minimum absolute atomic E-state index is 0.391. The fourth-order valence-electron chi connectivity index (χ4n) is 3.22. The highest BCUT2D eigenvalue weighted by molar-refractivity contribution is 6.65. The maximum absolute atomic E-state index is 2.40. The molecule has 0 nitrogen and oxygen atoms in total. The summed E-state index contributed by atoms with van der Waals surface area (Å²) in [5, 5.41) is 0. The van der Waals surface area contributed by atoms with Gasteiger partial charge in [-0.1, -0.05) is 48.4 Å². The molecule has 0 aromatic carbocycles. The van der Waals surface area contributed by atoms with Crippen molar-refractivity contribution in [3.63, 3.8) is 0 Å². The van der Waals surface area contributed by atoms with Gasteiger partial charge in [-0.15, -0.1) is 0 Å². The Morgan fingerprint density at radius 3 is 1.82 bits per heavy atom. The van der Waals surface area contributed by atoms with E-state index in [1.54, 1.807) is 22.3 Å². The van der Waals surface area contributed by atoms with E-state index in [0.29, 0.717) is 0 Å². The average molecular weight is 243 g/mol. The quantitative estimate of drug-likeness (QED) is 0.608. The van der Waals surface area contributed by atoms with Gasteiger partial charge in [0.1, 0.15) is 0 Å². The molecule has 17 heavy (non-hydrogen) atoms. The van der Waals surface area contributed by atoms with Gasteiger partial charge in [0.15, 0.2) is 0 Å². The summed E-state index contributed by atoms with van der Waals surface area (Å²) in [5.41, 5.74) is 7.89. The van der Waals surface area contributed by atoms with Gasteiger partial charge in [0, 0.05) is 0 Å². The minimum Gasteiger partial charge on any atom is -0.0806 e. The van der Waals surface area contributed by atoms with E-state index in [9.17, 15) is 0 Å². The van der Waals surface area contributed by atoms with Crippen LogP contribution in [-0.2, 0) is 0 Å². The molecule has 1 heteroatoms. The topological polar surface area (TPSA) is 0 Å². The van der Waals surface area contributed by atoms with Crippen LogP contribution >= 0.6 is 0 Å². The van der Waals surface area contributed by atoms with E-state index < -0.39 is 8.80 Å². The van der Waals surface area contributed by atoms with E-state index in [0.717, 1.165) is 11.1 Å². The van der Waals surface area contributed by atoms with Gasteiger partial charge < -0.3 is 0 Å². The van der Waals surface area contributed by atoms with Crippen LogP contribution in [0.1, 0.15) is 34.6 Å². The number of hydrogen-bond donors (Lipinski definition) is 0. The summed E-state index contributed by atoms with van der Waals surface area (Å²) in [5.74, 6) is 0. The zero-order chi connectivity index (χ0) is 12.6. The highest BCUT2D eigenvalue weighted by atomic mass is 28.3. The molecule has 2 rings (SSSR count). The van der Waals surface area contributed by atoms with Crippen LogP contribution in [0.15, 0.2) is 46.6 Å². The Kier molecular flexibility index (Phi) is 3.57. The first-order valence-electron chi connectivity index (χ1n) is 6.63. The predicted octanol–water partition coefficient (Wildman–Crippen LogP) is 5.05. The van der Waals surface area contributed by atoms with Gasteiger partial charge in [-0.2, -0.15) is 0 Å². The van der Waals surface area contributed by atoms with Crippen molar-refractivity contribution in [3.05, 3.63) is 46.6 Å². The molecular weight excluding hydrogens is 220 g/mol. The SMILES string of the molecule is CC[Si](C1C=CC=C1)C1C(C)=C(C)C(C)=C1C. The summed E-state index contributed by atoms with van der Waals surface area (Å²) in [4.78, 5) is 0. The molecule has 0 bridgehead atoms. The standard InChI is InChI=1S/C16H23Si/c1-6-17(15-9-7-8-10-15)16-13(4)11(2)12(3)14(16)5/h7-10,15-16H,6H2,1-5H3. The van der Waals surface area contributed by atoms with Gasteiger partial charge in [0.25, 0.3) is 0 Å². The summed E-state index contributed by atoms with van der Waals surface area (Å²) in [6.45, 7) is 11.7. The smallest absolute Gasteiger partial charge is 0.0730 e. The predicted molar refractivity (Wildman–Crippen MR) is 78.8 cm³/mol. The van der Waals surface area contributed by atoms with Crippen molar-refractivity contribution >= 4 is 8.80 Å². The van der Waals surface area contributed by atoms with Crippen LogP contribution in [0, 0.1) is 0 Å². The number of rotatable bonds is 3. The Balaban J connectivity index is 2.33. The van der Waals surface area contributed by atoms with Gasteiger partial charge in [-0.05, 0) is 49.9 Å². The lowest BCUT2D eigenvalue weighted by Crippen LogP contribution is -2.24. The van der Waals surface area contributed by atoms with Gasteiger partial charge in [-0.3, -0.25) is 0 Å². The van der Waals surface area contributed by atoms with Crippen molar-refractivity contribution in [2.24, 2.45) is 0 Å². The summed E-state index contributed by atoms with van der Waals surface area (Å²) in [7, 11) is -0.391. The summed E-state index contributed by atoms with van der Waals surface area (Å²) in [6, 6.07) is 1.35. The Labute approximate surface area is 107 Å². The molecule has 2 aliphatic rings. The van der Waals surface area contributed by atoms with Gasteiger partial charge in [-0.25, -0.2) is 0 Å². The second kappa shape index (κ2) is 4.81. The van der Waals surface area contributed by atoms with Crippen molar-refractivity contribution in [2.75, 3.05) is 0 Å². The molecule has 2 aliphatic carbocycles. The highest BCUT2D eigenvalue weighted by Gasteiger charge is 2.34. The summed E-state index contributed by atoms with van der Waals surface area (Å²) in [6.07, 6.45) is 9.25. The van der Waals surface area contributed by atoms with Crippen LogP contribution in [-0.4, -0.2) is 8.80 Å². The maximum Gasteiger partial charge on any atom is 0.0730 e. The zero-order valence-corrected chi connectivity index (χ0v) is 12.7. The van der Waals surface area contributed by atoms with Crippen LogP contribution in [0.4, 0.5) is 0 Å². The first kappa shape index (κ1) is 12.6. The molecular formula is C16H23Si. The zero-order valence-electron chi connectivity index (χ0n) is 11.7. The molecule has 0 unspecified atom stereocenters. The van der Waals surface area contributed by atoms with Crippen molar-refractivity contribution in [3.8, 4) is 0 Å². The lowest BCUT2D eigenvalue weighted by atomic mass is 10.1. The summed E-state index contributed by atoms with van der Waals surface area (Å²) >= 11 is 0. The largest absolute Gasteiger partial charge is 0.0806 e. The van der Waals surface area contributed by atoms with E-state index in [2.05, 4.69) is 58.9 Å². The second-order valence-corrected chi connectivity index (χ2v) is 8.37.